The van der Waals surface area contributed by atoms with Crippen LogP contribution in [0.2, 0.25) is 0 Å². The van der Waals surface area contributed by atoms with Gasteiger partial charge in [-0.1, -0.05) is 42.5 Å². The summed E-state index contributed by atoms with van der Waals surface area (Å²) in [5, 5.41) is 18.5. The van der Waals surface area contributed by atoms with E-state index in [9.17, 15) is 23.1 Å². The first-order valence-corrected chi connectivity index (χ1v) is 9.63. The van der Waals surface area contributed by atoms with Gasteiger partial charge < -0.3 is 9.84 Å². The highest BCUT2D eigenvalue weighted by Gasteiger charge is 2.63. The van der Waals surface area contributed by atoms with Gasteiger partial charge in [-0.2, -0.15) is 28.4 Å². The molecule has 1 aliphatic rings. The first-order valence-electron chi connectivity index (χ1n) is 9.63. The quantitative estimate of drug-likeness (QED) is 0.654. The summed E-state index contributed by atoms with van der Waals surface area (Å²) in [6, 6.07) is 15.5. The number of aliphatic hydroxyl groups is 1. The summed E-state index contributed by atoms with van der Waals surface area (Å²) in [6.45, 7) is 0.329. The fourth-order valence-corrected chi connectivity index (χ4v) is 3.40. The SMILES string of the molecule is COc1cccc(C2=NN(C(=O)c3cnn(Cc4ccccc4)c3)C(O)(C(F)(F)F)C2)c1. The Hall–Kier alpha value is -3.66. The van der Waals surface area contributed by atoms with Gasteiger partial charge in [0.2, 0.25) is 0 Å². The average Bonchev–Trinajstić information content (AvgIpc) is 3.39. The zero-order valence-electron chi connectivity index (χ0n) is 17.0. The molecule has 2 aromatic carbocycles. The molecule has 0 bridgehead atoms. The molecule has 10 heteroatoms. The maximum Gasteiger partial charge on any atom is 0.438 e. The molecule has 4 rings (SSSR count). The second-order valence-corrected chi connectivity index (χ2v) is 7.30. The zero-order valence-corrected chi connectivity index (χ0v) is 17.0. The smallest absolute Gasteiger partial charge is 0.438 e. The van der Waals surface area contributed by atoms with Crippen LogP contribution in [0.15, 0.2) is 72.1 Å². The van der Waals surface area contributed by atoms with Gasteiger partial charge in [-0.05, 0) is 17.7 Å². The molecule has 32 heavy (non-hydrogen) atoms. The number of benzene rings is 2. The molecule has 0 saturated heterocycles. The standard InChI is InChI=1S/C22H19F3N4O3/c1-32-18-9-5-8-16(10-18)19-11-21(31,22(23,24)25)29(27-19)20(30)17-12-26-28(14-17)13-15-6-3-2-4-7-15/h2-10,12,14,31H,11,13H2,1H3. The molecular weight excluding hydrogens is 425 g/mol. The molecule has 0 fully saturated rings. The van der Waals surface area contributed by atoms with Crippen LogP contribution in [0.4, 0.5) is 13.2 Å². The molecule has 3 aromatic rings. The summed E-state index contributed by atoms with van der Waals surface area (Å²) in [7, 11) is 1.42. The molecule has 1 amide bonds. The molecule has 7 nitrogen and oxygen atoms in total. The van der Waals surface area contributed by atoms with Gasteiger partial charge in [0.15, 0.2) is 0 Å². The highest BCUT2D eigenvalue weighted by atomic mass is 19.4. The second kappa shape index (κ2) is 8.12. The third-order valence-electron chi connectivity index (χ3n) is 5.10. The summed E-state index contributed by atoms with van der Waals surface area (Å²) in [4.78, 5) is 13.0. The van der Waals surface area contributed by atoms with Crippen molar-refractivity contribution in [3.8, 4) is 5.75 Å². The number of halogens is 3. The lowest BCUT2D eigenvalue weighted by atomic mass is 10.0. The molecule has 1 aliphatic heterocycles. The third kappa shape index (κ3) is 3.96. The third-order valence-corrected chi connectivity index (χ3v) is 5.10. The maximum absolute atomic E-state index is 13.8. The Bertz CT molecular complexity index is 1160. The number of methoxy groups -OCH3 is 1. The van der Waals surface area contributed by atoms with Crippen LogP contribution in [-0.4, -0.2) is 50.5 Å². The van der Waals surface area contributed by atoms with Gasteiger partial charge in [-0.3, -0.25) is 9.48 Å². The highest BCUT2D eigenvalue weighted by molar-refractivity contribution is 6.05. The summed E-state index contributed by atoms with van der Waals surface area (Å²) in [5.74, 6) is -0.699. The minimum Gasteiger partial charge on any atom is -0.497 e. The van der Waals surface area contributed by atoms with E-state index < -0.39 is 24.2 Å². The van der Waals surface area contributed by atoms with Gasteiger partial charge in [0.25, 0.3) is 11.6 Å². The molecule has 1 atom stereocenters. The van der Waals surface area contributed by atoms with Crippen molar-refractivity contribution in [2.24, 2.45) is 5.10 Å². The number of hydrogen-bond donors (Lipinski definition) is 1. The number of rotatable bonds is 5. The first-order chi connectivity index (χ1) is 15.2. The number of hydrazone groups is 1. The summed E-state index contributed by atoms with van der Waals surface area (Å²) < 4.78 is 48.0. The minimum absolute atomic E-state index is 0.0890. The van der Waals surface area contributed by atoms with E-state index in [2.05, 4.69) is 10.2 Å². The number of ether oxygens (including phenoxy) is 1. The highest BCUT2D eigenvalue weighted by Crippen LogP contribution is 2.42. The zero-order chi connectivity index (χ0) is 22.9. The van der Waals surface area contributed by atoms with Crippen LogP contribution in [0.5, 0.6) is 5.75 Å². The summed E-state index contributed by atoms with van der Waals surface area (Å²) >= 11 is 0. The van der Waals surface area contributed by atoms with Crippen LogP contribution in [0, 0.1) is 0 Å². The van der Waals surface area contributed by atoms with Gasteiger partial charge in [-0.15, -0.1) is 0 Å². The molecule has 166 valence electrons. The molecule has 1 unspecified atom stereocenters. The molecular formula is C22H19F3N4O3. The van der Waals surface area contributed by atoms with Gasteiger partial charge in [0.05, 0.1) is 37.5 Å². The summed E-state index contributed by atoms with van der Waals surface area (Å²) in [5.41, 5.74) is -2.49. The van der Waals surface area contributed by atoms with Crippen molar-refractivity contribution in [2.45, 2.75) is 24.9 Å². The van der Waals surface area contributed by atoms with Crippen LogP contribution < -0.4 is 4.74 Å². The van der Waals surface area contributed by atoms with E-state index in [0.29, 0.717) is 17.9 Å². The Morgan fingerprint density at radius 3 is 2.62 bits per heavy atom. The topological polar surface area (TPSA) is 80.0 Å². The Kier molecular flexibility index (Phi) is 5.47. The predicted octanol–water partition coefficient (Wildman–Crippen LogP) is 3.44. The fourth-order valence-electron chi connectivity index (χ4n) is 3.40. The van der Waals surface area contributed by atoms with Crippen molar-refractivity contribution < 1.29 is 27.8 Å². The van der Waals surface area contributed by atoms with Crippen molar-refractivity contribution >= 4 is 11.6 Å². The van der Waals surface area contributed by atoms with Crippen molar-refractivity contribution in [1.29, 1.82) is 0 Å². The van der Waals surface area contributed by atoms with Crippen LogP contribution in [0.25, 0.3) is 0 Å². The number of alkyl halides is 3. The van der Waals surface area contributed by atoms with E-state index in [1.54, 1.807) is 12.1 Å². The van der Waals surface area contributed by atoms with E-state index >= 15 is 0 Å². The fraction of sp³-hybridized carbons (Fsp3) is 0.227. The van der Waals surface area contributed by atoms with Gasteiger partial charge in [-0.25, -0.2) is 0 Å². The maximum atomic E-state index is 13.8. The molecule has 0 aliphatic carbocycles. The molecule has 0 radical (unpaired) electrons. The van der Waals surface area contributed by atoms with Gasteiger partial charge >= 0.3 is 6.18 Å². The Morgan fingerprint density at radius 1 is 1.19 bits per heavy atom. The first kappa shape index (κ1) is 21.6. The Labute approximate surface area is 181 Å². The van der Waals surface area contributed by atoms with Crippen LogP contribution in [0.1, 0.15) is 27.9 Å². The molecule has 0 saturated carbocycles. The van der Waals surface area contributed by atoms with Crippen molar-refractivity contribution in [3.05, 3.63) is 83.7 Å². The van der Waals surface area contributed by atoms with Gasteiger partial charge in [0, 0.05) is 11.8 Å². The number of aromatic nitrogens is 2. The Morgan fingerprint density at radius 2 is 1.94 bits per heavy atom. The van der Waals surface area contributed by atoms with Crippen LogP contribution >= 0.6 is 0 Å². The minimum atomic E-state index is -5.13. The van der Waals surface area contributed by atoms with E-state index in [-0.39, 0.29) is 16.3 Å². The Balaban J connectivity index is 1.65. The average molecular weight is 444 g/mol. The van der Waals surface area contributed by atoms with E-state index in [4.69, 9.17) is 4.74 Å². The number of hydrogen-bond acceptors (Lipinski definition) is 5. The molecule has 1 N–H and O–H groups in total. The van der Waals surface area contributed by atoms with E-state index in [1.165, 1.54) is 30.1 Å². The summed E-state index contributed by atoms with van der Waals surface area (Å²) in [6.07, 6.45) is -3.56. The largest absolute Gasteiger partial charge is 0.497 e. The predicted molar refractivity (Wildman–Crippen MR) is 109 cm³/mol. The number of nitrogens with zero attached hydrogens (tertiary/aromatic N) is 4. The molecule has 1 aromatic heterocycles. The number of carbonyl (C=O) groups is 1. The molecule has 2 heterocycles. The normalized spacial score (nSPS) is 18.5. The molecule has 0 spiro atoms. The van der Waals surface area contributed by atoms with Crippen molar-refractivity contribution in [1.82, 2.24) is 14.8 Å². The monoisotopic (exact) mass is 444 g/mol. The number of carbonyl (C=O) groups excluding carboxylic acids is 1. The van der Waals surface area contributed by atoms with Crippen LogP contribution in [0.3, 0.4) is 0 Å². The lowest BCUT2D eigenvalue weighted by molar-refractivity contribution is -0.297. The van der Waals surface area contributed by atoms with Gasteiger partial charge in [0.1, 0.15) is 5.75 Å². The number of amides is 1. The van der Waals surface area contributed by atoms with E-state index in [1.807, 2.05) is 30.3 Å². The van der Waals surface area contributed by atoms with E-state index in [0.717, 1.165) is 11.8 Å². The second-order valence-electron chi connectivity index (χ2n) is 7.30. The van der Waals surface area contributed by atoms with Crippen molar-refractivity contribution in [3.63, 3.8) is 0 Å². The lowest BCUT2D eigenvalue weighted by Crippen LogP contribution is -2.56. The van der Waals surface area contributed by atoms with Crippen LogP contribution in [-0.2, 0) is 6.54 Å². The lowest BCUT2D eigenvalue weighted by Gasteiger charge is -2.32. The van der Waals surface area contributed by atoms with Crippen molar-refractivity contribution in [2.75, 3.05) is 7.11 Å².